The zero-order valence-corrected chi connectivity index (χ0v) is 11.9. The lowest BCUT2D eigenvalue weighted by atomic mass is 10.2. The van der Waals surface area contributed by atoms with Gasteiger partial charge in [0.05, 0.1) is 19.8 Å². The third kappa shape index (κ3) is 5.45. The van der Waals surface area contributed by atoms with E-state index in [2.05, 4.69) is 5.32 Å². The molecular formula is C15H22FNO3. The Bertz CT molecular complexity index is 410. The Morgan fingerprint density at radius 3 is 2.75 bits per heavy atom. The number of hydrogen-bond acceptors (Lipinski definition) is 4. The molecule has 0 unspecified atom stereocenters. The van der Waals surface area contributed by atoms with Crippen LogP contribution >= 0.6 is 0 Å². The number of ether oxygens (including phenoxy) is 3. The molecule has 1 fully saturated rings. The Kier molecular flexibility index (Phi) is 6.24. The van der Waals surface area contributed by atoms with Gasteiger partial charge in [-0.3, -0.25) is 0 Å². The summed E-state index contributed by atoms with van der Waals surface area (Å²) in [4.78, 5) is 0. The first-order valence-electron chi connectivity index (χ1n) is 7.01. The molecular weight excluding hydrogens is 261 g/mol. The Morgan fingerprint density at radius 1 is 1.20 bits per heavy atom. The summed E-state index contributed by atoms with van der Waals surface area (Å²) in [7, 11) is 1.64. The first-order chi connectivity index (χ1) is 9.79. The molecule has 4 nitrogen and oxygen atoms in total. The predicted octanol–water partition coefficient (Wildman–Crippen LogP) is 2.12. The molecule has 1 aromatic carbocycles. The number of hydrogen-bond donors (Lipinski definition) is 1. The van der Waals surface area contributed by atoms with Crippen LogP contribution in [-0.4, -0.2) is 39.6 Å². The van der Waals surface area contributed by atoms with E-state index in [-0.39, 0.29) is 5.82 Å². The molecule has 0 atom stereocenters. The molecule has 0 aliphatic heterocycles. The van der Waals surface area contributed by atoms with Crippen LogP contribution in [0, 0.1) is 5.82 Å². The lowest BCUT2D eigenvalue weighted by Gasteiger charge is -2.12. The summed E-state index contributed by atoms with van der Waals surface area (Å²) in [5.74, 6) is 0.483. The van der Waals surface area contributed by atoms with Crippen LogP contribution in [0.25, 0.3) is 0 Å². The molecule has 0 aromatic heterocycles. The van der Waals surface area contributed by atoms with Crippen LogP contribution in [0.4, 0.5) is 4.39 Å². The van der Waals surface area contributed by atoms with E-state index in [1.54, 1.807) is 13.2 Å². The number of halogens is 1. The number of rotatable bonds is 10. The Hall–Kier alpha value is -1.17. The van der Waals surface area contributed by atoms with Crippen LogP contribution in [0.2, 0.25) is 0 Å². The first kappa shape index (κ1) is 15.2. The summed E-state index contributed by atoms with van der Waals surface area (Å²) in [5, 5.41) is 3.36. The third-order valence-electron chi connectivity index (χ3n) is 3.10. The first-order valence-corrected chi connectivity index (χ1v) is 7.01. The molecule has 0 heterocycles. The van der Waals surface area contributed by atoms with Gasteiger partial charge in [0.1, 0.15) is 18.2 Å². The minimum absolute atomic E-state index is 0.235. The van der Waals surface area contributed by atoms with Gasteiger partial charge in [-0.15, -0.1) is 0 Å². The van der Waals surface area contributed by atoms with Gasteiger partial charge in [0.15, 0.2) is 0 Å². The average Bonchev–Trinajstić information content (AvgIpc) is 3.26. The van der Waals surface area contributed by atoms with Crippen molar-refractivity contribution >= 4 is 0 Å². The third-order valence-corrected chi connectivity index (χ3v) is 3.10. The Labute approximate surface area is 119 Å². The summed E-state index contributed by atoms with van der Waals surface area (Å²) in [6.07, 6.45) is 2.41. The van der Waals surface area contributed by atoms with E-state index in [1.165, 1.54) is 25.0 Å². The van der Waals surface area contributed by atoms with Crippen molar-refractivity contribution in [1.82, 2.24) is 5.32 Å². The van der Waals surface area contributed by atoms with Gasteiger partial charge in [0.25, 0.3) is 0 Å². The molecule has 1 aromatic rings. The van der Waals surface area contributed by atoms with E-state index in [9.17, 15) is 4.39 Å². The van der Waals surface area contributed by atoms with Crippen LogP contribution in [0.3, 0.4) is 0 Å². The standard InChI is InChI=1S/C15H22FNO3/c1-18-6-7-19-8-9-20-15-5-2-13(16)10-12(15)11-17-14-3-4-14/h2,5,10,14,17H,3-4,6-9,11H2,1H3. The summed E-state index contributed by atoms with van der Waals surface area (Å²) >= 11 is 0. The van der Waals surface area contributed by atoms with Crippen molar-refractivity contribution < 1.29 is 18.6 Å². The number of methoxy groups -OCH3 is 1. The lowest BCUT2D eigenvalue weighted by Crippen LogP contribution is -2.17. The molecule has 1 aliphatic rings. The summed E-state index contributed by atoms with van der Waals surface area (Å²) in [5.41, 5.74) is 0.855. The van der Waals surface area contributed by atoms with Crippen LogP contribution in [0.5, 0.6) is 5.75 Å². The zero-order chi connectivity index (χ0) is 14.2. The van der Waals surface area contributed by atoms with Gasteiger partial charge < -0.3 is 19.5 Å². The van der Waals surface area contributed by atoms with Gasteiger partial charge in [-0.25, -0.2) is 4.39 Å². The lowest BCUT2D eigenvalue weighted by molar-refractivity contribution is 0.0542. The minimum Gasteiger partial charge on any atom is -0.491 e. The smallest absolute Gasteiger partial charge is 0.124 e. The molecule has 1 aliphatic carbocycles. The molecule has 0 bridgehead atoms. The van der Waals surface area contributed by atoms with E-state index in [1.807, 2.05) is 0 Å². The minimum atomic E-state index is -0.235. The maximum Gasteiger partial charge on any atom is 0.124 e. The molecule has 5 heteroatoms. The van der Waals surface area contributed by atoms with Crippen LogP contribution in [-0.2, 0) is 16.0 Å². The molecule has 0 amide bonds. The fraction of sp³-hybridized carbons (Fsp3) is 0.600. The summed E-state index contributed by atoms with van der Waals surface area (Å²) in [6, 6.07) is 5.20. The highest BCUT2D eigenvalue weighted by Gasteiger charge is 2.20. The molecule has 112 valence electrons. The van der Waals surface area contributed by atoms with Crippen molar-refractivity contribution in [3.63, 3.8) is 0 Å². The second-order valence-electron chi connectivity index (χ2n) is 4.86. The van der Waals surface area contributed by atoms with Gasteiger partial charge in [-0.1, -0.05) is 0 Å². The maximum absolute atomic E-state index is 13.3. The molecule has 0 radical (unpaired) electrons. The SMILES string of the molecule is COCCOCCOc1ccc(F)cc1CNC1CC1. The van der Waals surface area contributed by atoms with E-state index in [0.29, 0.717) is 39.0 Å². The van der Waals surface area contributed by atoms with Crippen LogP contribution in [0.1, 0.15) is 18.4 Å². The maximum atomic E-state index is 13.3. The Morgan fingerprint density at radius 2 is 2.00 bits per heavy atom. The van der Waals surface area contributed by atoms with Gasteiger partial charge in [-0.05, 0) is 31.0 Å². The van der Waals surface area contributed by atoms with Gasteiger partial charge in [-0.2, -0.15) is 0 Å². The normalized spacial score (nSPS) is 14.5. The van der Waals surface area contributed by atoms with Crippen molar-refractivity contribution in [3.05, 3.63) is 29.6 Å². The number of nitrogens with one attached hydrogen (secondary N) is 1. The van der Waals surface area contributed by atoms with Crippen molar-refractivity contribution in [1.29, 1.82) is 0 Å². The van der Waals surface area contributed by atoms with Crippen LogP contribution in [0.15, 0.2) is 18.2 Å². The molecule has 0 spiro atoms. The van der Waals surface area contributed by atoms with E-state index >= 15 is 0 Å². The molecule has 0 saturated heterocycles. The van der Waals surface area contributed by atoms with E-state index < -0.39 is 0 Å². The number of benzene rings is 1. The molecule has 2 rings (SSSR count). The second-order valence-corrected chi connectivity index (χ2v) is 4.86. The zero-order valence-electron chi connectivity index (χ0n) is 11.9. The largest absolute Gasteiger partial charge is 0.491 e. The fourth-order valence-electron chi connectivity index (χ4n) is 1.82. The monoisotopic (exact) mass is 283 g/mol. The highest BCUT2D eigenvalue weighted by molar-refractivity contribution is 5.34. The molecule has 20 heavy (non-hydrogen) atoms. The van der Waals surface area contributed by atoms with Gasteiger partial charge in [0, 0.05) is 25.3 Å². The van der Waals surface area contributed by atoms with Crippen molar-refractivity contribution in [2.24, 2.45) is 0 Å². The van der Waals surface area contributed by atoms with E-state index in [0.717, 1.165) is 11.3 Å². The summed E-state index contributed by atoms with van der Waals surface area (Å²) in [6.45, 7) is 2.72. The van der Waals surface area contributed by atoms with Crippen LogP contribution < -0.4 is 10.1 Å². The van der Waals surface area contributed by atoms with Gasteiger partial charge in [0.2, 0.25) is 0 Å². The summed E-state index contributed by atoms with van der Waals surface area (Å²) < 4.78 is 29.2. The molecule has 1 N–H and O–H groups in total. The van der Waals surface area contributed by atoms with Crippen molar-refractivity contribution in [2.45, 2.75) is 25.4 Å². The topological polar surface area (TPSA) is 39.7 Å². The predicted molar refractivity (Wildman–Crippen MR) is 74.5 cm³/mol. The second kappa shape index (κ2) is 8.19. The van der Waals surface area contributed by atoms with Crippen molar-refractivity contribution in [3.8, 4) is 5.75 Å². The highest BCUT2D eigenvalue weighted by Crippen LogP contribution is 2.23. The quantitative estimate of drug-likeness (QED) is 0.668. The highest BCUT2D eigenvalue weighted by atomic mass is 19.1. The fourth-order valence-corrected chi connectivity index (χ4v) is 1.82. The molecule has 1 saturated carbocycles. The van der Waals surface area contributed by atoms with E-state index in [4.69, 9.17) is 14.2 Å². The van der Waals surface area contributed by atoms with Crippen molar-refractivity contribution in [2.75, 3.05) is 33.5 Å². The van der Waals surface area contributed by atoms with Gasteiger partial charge >= 0.3 is 0 Å². The Balaban J connectivity index is 1.76. The average molecular weight is 283 g/mol.